The van der Waals surface area contributed by atoms with Crippen molar-refractivity contribution in [2.24, 2.45) is 0 Å². The first-order chi connectivity index (χ1) is 36.9. The van der Waals surface area contributed by atoms with E-state index >= 15 is 0 Å². The van der Waals surface area contributed by atoms with E-state index in [1.54, 1.807) is 0 Å². The van der Waals surface area contributed by atoms with Crippen LogP contribution in [0.5, 0.6) is 11.5 Å². The van der Waals surface area contributed by atoms with Gasteiger partial charge in [0.15, 0.2) is 0 Å². The van der Waals surface area contributed by atoms with Crippen molar-refractivity contribution < 1.29 is 4.74 Å². The average molecular weight is 1000 g/mol. The molecule has 0 fully saturated rings. The molecule has 0 saturated heterocycles. The number of rotatable bonds is 7. The number of ether oxygens (including phenoxy) is 1. The van der Waals surface area contributed by atoms with E-state index in [1.165, 1.54) is 83.1 Å². The molecule has 77 heavy (non-hydrogen) atoms. The van der Waals surface area contributed by atoms with Gasteiger partial charge in [-0.05, 0) is 177 Å². The minimum atomic E-state index is -0.287. The maximum atomic E-state index is 7.49. The Kier molecular flexibility index (Phi) is 11.1. The van der Waals surface area contributed by atoms with Crippen LogP contribution >= 0.6 is 0 Å². The largest absolute Gasteiger partial charge is 0.458 e. The van der Waals surface area contributed by atoms with Gasteiger partial charge in [0.25, 0.3) is 6.71 Å². The molecule has 0 saturated carbocycles. The van der Waals surface area contributed by atoms with Crippen molar-refractivity contribution in [1.29, 1.82) is 0 Å². The van der Waals surface area contributed by atoms with E-state index in [0.717, 1.165) is 56.8 Å². The lowest BCUT2D eigenvalue weighted by Crippen LogP contribution is -2.59. The summed E-state index contributed by atoms with van der Waals surface area (Å²) in [5, 5.41) is 2.42. The maximum absolute atomic E-state index is 7.49. The minimum absolute atomic E-state index is 0.0933. The molecular formula is C72H66BN3O. The highest BCUT2D eigenvalue weighted by molar-refractivity contribution is 6.99. The van der Waals surface area contributed by atoms with E-state index in [0.29, 0.717) is 0 Å². The number of fused-ring (bicyclic) bond motifs is 8. The Morgan fingerprint density at radius 3 is 1.66 bits per heavy atom. The molecule has 0 atom stereocenters. The second kappa shape index (κ2) is 17.6. The summed E-state index contributed by atoms with van der Waals surface area (Å²) >= 11 is 0. The summed E-state index contributed by atoms with van der Waals surface area (Å²) in [6.07, 6.45) is 0. The van der Waals surface area contributed by atoms with Gasteiger partial charge in [-0.3, -0.25) is 0 Å². The Morgan fingerprint density at radius 1 is 0.442 bits per heavy atom. The van der Waals surface area contributed by atoms with E-state index in [4.69, 9.17) is 4.74 Å². The summed E-state index contributed by atoms with van der Waals surface area (Å²) < 4.78 is 7.49. The number of anilines is 9. The summed E-state index contributed by atoms with van der Waals surface area (Å²) in [6.45, 7) is 25.2. The minimum Gasteiger partial charge on any atom is -0.458 e. The van der Waals surface area contributed by atoms with Gasteiger partial charge in [-0.15, -0.1) is 0 Å². The molecule has 0 bridgehead atoms. The van der Waals surface area contributed by atoms with E-state index in [9.17, 15) is 0 Å². The van der Waals surface area contributed by atoms with E-state index in [2.05, 4.69) is 291 Å². The summed E-state index contributed by atoms with van der Waals surface area (Å²) in [5.41, 5.74) is 24.5. The van der Waals surface area contributed by atoms with Gasteiger partial charge >= 0.3 is 0 Å². The summed E-state index contributed by atoms with van der Waals surface area (Å²) in [7, 11) is 0. The molecule has 0 amide bonds. The SMILES string of the molecule is Cc1ccc(N(c2ccc3c(c2)Oc2cc(C(C)(C)C)cc4c2B3c2cc(C(C)(C)C)ccc2N4c2cc3c(c(N(c4ccc(C)cc4)c4ccc(C)cc4)c2)C(C)(C)c2ccccc2-3)c2ccc3ccccc3c2)cc1. The molecule has 0 radical (unpaired) electrons. The van der Waals surface area contributed by atoms with Crippen molar-refractivity contribution in [3.8, 4) is 22.6 Å². The molecule has 0 N–H and O–H groups in total. The molecule has 0 unspecified atom stereocenters. The Hall–Kier alpha value is -8.28. The van der Waals surface area contributed by atoms with E-state index < -0.39 is 0 Å². The molecule has 0 spiro atoms. The van der Waals surface area contributed by atoms with Crippen LogP contribution in [0.1, 0.15) is 94.3 Å². The number of nitrogens with zero attached hydrogens (tertiary/aromatic N) is 3. The zero-order valence-corrected chi connectivity index (χ0v) is 46.4. The predicted molar refractivity (Wildman–Crippen MR) is 328 cm³/mol. The Labute approximate surface area is 456 Å². The quantitative estimate of drug-likeness (QED) is 0.148. The third kappa shape index (κ3) is 8.04. The fraction of sp³-hybridized carbons (Fsp3) is 0.194. The second-order valence-electron chi connectivity index (χ2n) is 24.5. The highest BCUT2D eigenvalue weighted by Gasteiger charge is 2.45. The van der Waals surface area contributed by atoms with E-state index in [1.807, 2.05) is 0 Å². The van der Waals surface area contributed by atoms with Gasteiger partial charge < -0.3 is 19.4 Å². The van der Waals surface area contributed by atoms with Crippen LogP contribution < -0.4 is 35.8 Å². The third-order valence-corrected chi connectivity index (χ3v) is 16.7. The molecule has 0 aromatic heterocycles. The third-order valence-electron chi connectivity index (χ3n) is 16.7. The average Bonchev–Trinajstić information content (AvgIpc) is 3.86. The Morgan fingerprint density at radius 2 is 1.01 bits per heavy atom. The number of hydrogen-bond acceptors (Lipinski definition) is 4. The van der Waals surface area contributed by atoms with Crippen LogP contribution in [0.2, 0.25) is 0 Å². The molecule has 13 rings (SSSR count). The van der Waals surface area contributed by atoms with Gasteiger partial charge in [-0.1, -0.05) is 181 Å². The molecule has 1 aliphatic carbocycles. The molecule has 2 heterocycles. The topological polar surface area (TPSA) is 19.0 Å². The second-order valence-corrected chi connectivity index (χ2v) is 24.5. The van der Waals surface area contributed by atoms with Crippen molar-refractivity contribution in [3.05, 3.63) is 239 Å². The molecule has 3 aliphatic rings. The normalized spacial score (nSPS) is 13.8. The standard InChI is InChI=1S/C72H66BN3O/c1-45-20-28-52(29-21-45)74(55-34-26-48-16-12-13-17-49(48)38-55)56-35-36-61-66(44-56)77-67-41-51(71(7,8)9)40-65-69(67)73(61)62-39-50(70(4,5)6)27-37-63(62)76(65)57-42-59-58-18-14-15-19-60(58)72(10,11)68(59)64(43-57)75(53-30-22-46(2)23-31-53)54-32-24-47(3)25-33-54/h12-44H,1-11H3. The molecule has 2 aliphatic heterocycles. The van der Waals surface area contributed by atoms with Gasteiger partial charge in [0.05, 0.1) is 5.69 Å². The fourth-order valence-corrected chi connectivity index (χ4v) is 12.5. The number of hydrogen-bond donors (Lipinski definition) is 0. The van der Waals surface area contributed by atoms with Gasteiger partial charge in [-0.2, -0.15) is 0 Å². The van der Waals surface area contributed by atoms with Gasteiger partial charge in [-0.25, -0.2) is 0 Å². The van der Waals surface area contributed by atoms with Crippen molar-refractivity contribution >= 4 is 85.1 Å². The van der Waals surface area contributed by atoms with Crippen molar-refractivity contribution in [3.63, 3.8) is 0 Å². The molecule has 10 aromatic rings. The lowest BCUT2D eigenvalue weighted by atomic mass is 9.34. The lowest BCUT2D eigenvalue weighted by Gasteiger charge is -2.42. The summed E-state index contributed by atoms with van der Waals surface area (Å²) in [4.78, 5) is 7.45. The first-order valence-electron chi connectivity index (χ1n) is 27.4. The first-order valence-corrected chi connectivity index (χ1v) is 27.4. The first kappa shape index (κ1) is 48.4. The van der Waals surface area contributed by atoms with Crippen LogP contribution in [-0.4, -0.2) is 6.71 Å². The zero-order chi connectivity index (χ0) is 53.3. The van der Waals surface area contributed by atoms with Gasteiger partial charge in [0.1, 0.15) is 11.5 Å². The highest BCUT2D eigenvalue weighted by atomic mass is 16.5. The monoisotopic (exact) mass is 1000 g/mol. The molecule has 10 aromatic carbocycles. The smallest absolute Gasteiger partial charge is 0.256 e. The molecule has 5 heteroatoms. The van der Waals surface area contributed by atoms with Gasteiger partial charge in [0.2, 0.25) is 0 Å². The van der Waals surface area contributed by atoms with Crippen LogP contribution in [0.3, 0.4) is 0 Å². The summed E-state index contributed by atoms with van der Waals surface area (Å²) in [6, 6.07) is 75.4. The molecule has 378 valence electrons. The van der Waals surface area contributed by atoms with Crippen LogP contribution in [0.4, 0.5) is 51.2 Å². The van der Waals surface area contributed by atoms with Crippen molar-refractivity contribution in [2.45, 2.75) is 92.4 Å². The van der Waals surface area contributed by atoms with Crippen LogP contribution in [0.25, 0.3) is 21.9 Å². The Balaban J connectivity index is 1.07. The maximum Gasteiger partial charge on any atom is 0.256 e. The lowest BCUT2D eigenvalue weighted by molar-refractivity contribution is 0.483. The fourth-order valence-electron chi connectivity index (χ4n) is 12.5. The zero-order valence-electron chi connectivity index (χ0n) is 46.4. The van der Waals surface area contributed by atoms with Crippen molar-refractivity contribution in [2.75, 3.05) is 14.7 Å². The molecule has 4 nitrogen and oxygen atoms in total. The van der Waals surface area contributed by atoms with Crippen LogP contribution in [-0.2, 0) is 16.2 Å². The number of aryl methyl sites for hydroxylation is 3. The van der Waals surface area contributed by atoms with Gasteiger partial charge in [0, 0.05) is 57.0 Å². The van der Waals surface area contributed by atoms with Crippen molar-refractivity contribution in [1.82, 2.24) is 0 Å². The summed E-state index contributed by atoms with van der Waals surface area (Å²) in [5.74, 6) is 1.78. The Bertz CT molecular complexity index is 3940. The number of benzene rings is 10. The van der Waals surface area contributed by atoms with Crippen LogP contribution in [0, 0.1) is 20.8 Å². The van der Waals surface area contributed by atoms with Crippen LogP contribution in [0.15, 0.2) is 200 Å². The predicted octanol–water partition coefficient (Wildman–Crippen LogP) is 18.0. The highest BCUT2D eigenvalue weighted by Crippen LogP contribution is 2.57. The van der Waals surface area contributed by atoms with E-state index in [-0.39, 0.29) is 23.0 Å². The molecular weight excluding hydrogens is 934 g/mol.